The Morgan fingerprint density at radius 3 is 2.14 bits per heavy atom. The molecular weight excluding hydrogens is 286 g/mol. The van der Waals surface area contributed by atoms with Crippen molar-refractivity contribution in [1.29, 1.82) is 0 Å². The predicted octanol–water partition coefficient (Wildman–Crippen LogP) is 3.11. The van der Waals surface area contributed by atoms with Crippen LogP contribution in [0.3, 0.4) is 0 Å². The number of ether oxygens (including phenoxy) is 1. The summed E-state index contributed by atoms with van der Waals surface area (Å²) in [5.74, 6) is 0. The van der Waals surface area contributed by atoms with E-state index >= 15 is 0 Å². The molecule has 1 amide bonds. The summed E-state index contributed by atoms with van der Waals surface area (Å²) in [6.07, 6.45) is -0.657. The number of hydrogen-bond acceptors (Lipinski definition) is 3. The van der Waals surface area contributed by atoms with Gasteiger partial charge in [-0.05, 0) is 11.1 Å². The van der Waals surface area contributed by atoms with Crippen molar-refractivity contribution in [3.05, 3.63) is 71.8 Å². The molecule has 1 unspecified atom stereocenters. The lowest BCUT2D eigenvalue weighted by molar-refractivity contribution is -0.112. The molecule has 0 spiro atoms. The molecule has 5 heteroatoms. The van der Waals surface area contributed by atoms with Crippen molar-refractivity contribution >= 4 is 23.8 Å². The van der Waals surface area contributed by atoms with Crippen LogP contribution in [-0.4, -0.2) is 11.2 Å². The van der Waals surface area contributed by atoms with Gasteiger partial charge in [0.25, 0.3) is 0 Å². The Kier molecular flexibility index (Phi) is 5.40. The van der Waals surface area contributed by atoms with E-state index in [0.717, 1.165) is 5.56 Å². The van der Waals surface area contributed by atoms with Gasteiger partial charge in [-0.2, -0.15) is 0 Å². The fraction of sp³-hybridized carbons (Fsp3) is 0.125. The zero-order chi connectivity index (χ0) is 15.1. The molecule has 0 heterocycles. The molecule has 0 saturated heterocycles. The molecule has 2 aromatic rings. The van der Waals surface area contributed by atoms with Gasteiger partial charge in [0.2, 0.25) is 5.12 Å². The van der Waals surface area contributed by atoms with Gasteiger partial charge in [0.05, 0.1) is 0 Å². The predicted molar refractivity (Wildman–Crippen MR) is 82.9 cm³/mol. The van der Waals surface area contributed by atoms with Gasteiger partial charge in [0.15, 0.2) is 0 Å². The molecule has 0 bridgehead atoms. The van der Waals surface area contributed by atoms with Crippen molar-refractivity contribution in [3.8, 4) is 0 Å². The van der Waals surface area contributed by atoms with Crippen molar-refractivity contribution in [2.75, 3.05) is 0 Å². The molecular formula is C16H15NO3S. The number of amides is 1. The van der Waals surface area contributed by atoms with Crippen LogP contribution in [0.15, 0.2) is 60.7 Å². The van der Waals surface area contributed by atoms with E-state index in [2.05, 4.69) is 17.9 Å². The Hall–Kier alpha value is -2.27. The number of carbonyl (C=O) groups excluding carboxylic acids is 2. The highest BCUT2D eigenvalue weighted by atomic mass is 32.1. The molecule has 0 fully saturated rings. The highest BCUT2D eigenvalue weighted by molar-refractivity contribution is 7.96. The van der Waals surface area contributed by atoms with E-state index in [-0.39, 0.29) is 6.61 Å². The Balaban J connectivity index is 1.95. The summed E-state index contributed by atoms with van der Waals surface area (Å²) in [6.45, 7) is 0.148. The van der Waals surface area contributed by atoms with Gasteiger partial charge < -0.3 is 10.1 Å². The monoisotopic (exact) mass is 301 g/mol. The van der Waals surface area contributed by atoms with Gasteiger partial charge in [-0.3, -0.25) is 4.79 Å². The maximum Gasteiger partial charge on any atom is 0.408 e. The van der Waals surface area contributed by atoms with Gasteiger partial charge >= 0.3 is 6.09 Å². The number of thiol groups is 1. The molecule has 0 aliphatic rings. The van der Waals surface area contributed by atoms with Crippen molar-refractivity contribution in [2.45, 2.75) is 12.6 Å². The summed E-state index contributed by atoms with van der Waals surface area (Å²) in [6, 6.07) is 17.4. The standard InChI is InChI=1S/C16H15NO3S/c18-15(21)14(13-9-5-2-6-10-13)17-16(19)20-11-12-7-3-1-4-8-12/h1-10,14H,11H2,(H,17,19)(H,18,21). The first kappa shape index (κ1) is 15.1. The molecule has 1 atom stereocenters. The third-order valence-electron chi connectivity index (χ3n) is 2.85. The summed E-state index contributed by atoms with van der Waals surface area (Å²) in [7, 11) is 0. The van der Waals surface area contributed by atoms with E-state index in [1.54, 1.807) is 24.3 Å². The van der Waals surface area contributed by atoms with E-state index < -0.39 is 17.3 Å². The topological polar surface area (TPSA) is 55.4 Å². The molecule has 21 heavy (non-hydrogen) atoms. The first-order chi connectivity index (χ1) is 10.2. The second-order valence-corrected chi connectivity index (χ2v) is 4.83. The van der Waals surface area contributed by atoms with Crippen LogP contribution >= 0.6 is 12.6 Å². The molecule has 2 rings (SSSR count). The van der Waals surface area contributed by atoms with E-state index in [4.69, 9.17) is 4.74 Å². The minimum atomic E-state index is -0.821. The molecule has 0 radical (unpaired) electrons. The van der Waals surface area contributed by atoms with Crippen LogP contribution in [0.5, 0.6) is 0 Å². The zero-order valence-corrected chi connectivity index (χ0v) is 12.1. The third-order valence-corrected chi connectivity index (χ3v) is 3.11. The highest BCUT2D eigenvalue weighted by Gasteiger charge is 2.20. The first-order valence-corrected chi connectivity index (χ1v) is 6.86. The number of rotatable bonds is 5. The van der Waals surface area contributed by atoms with Crippen LogP contribution in [0.1, 0.15) is 17.2 Å². The minimum Gasteiger partial charge on any atom is -0.445 e. The average molecular weight is 301 g/mol. The van der Waals surface area contributed by atoms with Gasteiger partial charge in [-0.1, -0.05) is 60.7 Å². The van der Waals surface area contributed by atoms with Crippen LogP contribution in [-0.2, 0) is 16.1 Å². The van der Waals surface area contributed by atoms with Crippen LogP contribution in [0, 0.1) is 0 Å². The fourth-order valence-electron chi connectivity index (χ4n) is 1.82. The number of nitrogens with one attached hydrogen (secondary N) is 1. The van der Waals surface area contributed by atoms with Crippen LogP contribution in [0.4, 0.5) is 4.79 Å². The minimum absolute atomic E-state index is 0.148. The van der Waals surface area contributed by atoms with Crippen molar-refractivity contribution in [1.82, 2.24) is 5.32 Å². The molecule has 4 nitrogen and oxygen atoms in total. The summed E-state index contributed by atoms with van der Waals surface area (Å²) in [5.41, 5.74) is 1.54. The van der Waals surface area contributed by atoms with Crippen LogP contribution < -0.4 is 5.32 Å². The van der Waals surface area contributed by atoms with E-state index in [1.807, 2.05) is 36.4 Å². The second-order valence-electron chi connectivity index (χ2n) is 4.39. The fourth-order valence-corrected chi connectivity index (χ4v) is 2.03. The highest BCUT2D eigenvalue weighted by Crippen LogP contribution is 2.15. The first-order valence-electron chi connectivity index (χ1n) is 6.42. The van der Waals surface area contributed by atoms with Gasteiger partial charge in [0.1, 0.15) is 12.6 Å². The Morgan fingerprint density at radius 1 is 1.00 bits per heavy atom. The largest absolute Gasteiger partial charge is 0.445 e. The van der Waals surface area contributed by atoms with Crippen LogP contribution in [0.25, 0.3) is 0 Å². The Morgan fingerprint density at radius 2 is 1.57 bits per heavy atom. The summed E-state index contributed by atoms with van der Waals surface area (Å²) in [5, 5.41) is 2.07. The molecule has 2 aromatic carbocycles. The third kappa shape index (κ3) is 4.65. The van der Waals surface area contributed by atoms with Crippen molar-refractivity contribution < 1.29 is 14.3 Å². The number of benzene rings is 2. The quantitative estimate of drug-likeness (QED) is 0.834. The van der Waals surface area contributed by atoms with E-state index in [1.165, 1.54) is 0 Å². The Labute approximate surface area is 128 Å². The molecule has 0 aliphatic carbocycles. The molecule has 1 N–H and O–H groups in total. The summed E-state index contributed by atoms with van der Waals surface area (Å²) >= 11 is 3.81. The van der Waals surface area contributed by atoms with Gasteiger partial charge in [-0.15, -0.1) is 12.6 Å². The summed E-state index contributed by atoms with van der Waals surface area (Å²) in [4.78, 5) is 23.3. The number of hydrogen-bond donors (Lipinski definition) is 2. The van der Waals surface area contributed by atoms with Gasteiger partial charge in [-0.25, -0.2) is 4.79 Å². The molecule has 0 aromatic heterocycles. The summed E-state index contributed by atoms with van der Waals surface area (Å²) < 4.78 is 5.09. The lowest BCUT2D eigenvalue weighted by Crippen LogP contribution is -2.32. The second kappa shape index (κ2) is 7.50. The zero-order valence-electron chi connectivity index (χ0n) is 11.2. The lowest BCUT2D eigenvalue weighted by Gasteiger charge is -2.15. The number of alkyl carbamates (subject to hydrolysis) is 1. The smallest absolute Gasteiger partial charge is 0.408 e. The maximum atomic E-state index is 11.8. The normalized spacial score (nSPS) is 11.5. The van der Waals surface area contributed by atoms with Gasteiger partial charge in [0, 0.05) is 0 Å². The maximum absolute atomic E-state index is 11.8. The van der Waals surface area contributed by atoms with E-state index in [9.17, 15) is 9.59 Å². The van der Waals surface area contributed by atoms with E-state index in [0.29, 0.717) is 5.56 Å². The average Bonchev–Trinajstić information content (AvgIpc) is 2.52. The van der Waals surface area contributed by atoms with Crippen molar-refractivity contribution in [3.63, 3.8) is 0 Å². The van der Waals surface area contributed by atoms with Crippen LogP contribution in [0.2, 0.25) is 0 Å². The van der Waals surface area contributed by atoms with Crippen molar-refractivity contribution in [2.24, 2.45) is 0 Å². The lowest BCUT2D eigenvalue weighted by atomic mass is 10.1. The molecule has 108 valence electrons. The SMILES string of the molecule is O=C(NC(C(=O)S)c1ccccc1)OCc1ccccc1. The Bertz CT molecular complexity index is 601. The molecule has 0 saturated carbocycles. The number of carbonyl (C=O) groups is 2. The molecule has 0 aliphatic heterocycles.